The lowest BCUT2D eigenvalue weighted by Gasteiger charge is -2.01. The second-order valence-corrected chi connectivity index (χ2v) is 3.37. The van der Waals surface area contributed by atoms with E-state index in [0.717, 1.165) is 0 Å². The molecule has 0 bridgehead atoms. The first kappa shape index (κ1) is 13.0. The summed E-state index contributed by atoms with van der Waals surface area (Å²) in [6, 6.07) is 4.50. The van der Waals surface area contributed by atoms with Gasteiger partial charge in [0.15, 0.2) is 0 Å². The van der Waals surface area contributed by atoms with E-state index in [0.29, 0.717) is 18.5 Å². The smallest absolute Gasteiger partial charge is 0.216 e. The minimum atomic E-state index is -0.443. The number of hydrazine groups is 1. The van der Waals surface area contributed by atoms with E-state index in [-0.39, 0.29) is 11.6 Å². The average molecular weight is 235 g/mol. The fourth-order valence-electron chi connectivity index (χ4n) is 1.18. The summed E-state index contributed by atoms with van der Waals surface area (Å²) in [7, 11) is 0. The summed E-state index contributed by atoms with van der Waals surface area (Å²) >= 11 is 0. The van der Waals surface area contributed by atoms with Crippen molar-refractivity contribution in [2.75, 3.05) is 12.0 Å². The Bertz CT molecular complexity index is 463. The Balaban J connectivity index is 2.54. The standard InChI is InChI=1S/C12H14FN3O/c1-9(17)15-7-3-2-4-10-5-6-12(16-14)11(13)8-10/h5-6,8,16H,3,7,14H2,1H3,(H,15,17). The molecule has 0 unspecified atom stereocenters. The summed E-state index contributed by atoms with van der Waals surface area (Å²) in [6.45, 7) is 1.94. The molecule has 0 aliphatic heterocycles. The van der Waals surface area contributed by atoms with Gasteiger partial charge in [0.1, 0.15) is 5.82 Å². The number of amides is 1. The van der Waals surface area contributed by atoms with Crippen molar-refractivity contribution in [3.8, 4) is 11.8 Å². The van der Waals surface area contributed by atoms with Gasteiger partial charge in [0, 0.05) is 25.5 Å². The quantitative estimate of drug-likeness (QED) is 0.317. The number of anilines is 1. The van der Waals surface area contributed by atoms with Gasteiger partial charge in [-0.05, 0) is 18.2 Å². The van der Waals surface area contributed by atoms with Gasteiger partial charge in [-0.25, -0.2) is 4.39 Å². The van der Waals surface area contributed by atoms with Gasteiger partial charge in [-0.1, -0.05) is 11.8 Å². The summed E-state index contributed by atoms with van der Waals surface area (Å²) in [5.74, 6) is 10.2. The average Bonchev–Trinajstić information content (AvgIpc) is 2.28. The molecule has 4 N–H and O–H groups in total. The maximum atomic E-state index is 13.3. The zero-order valence-electron chi connectivity index (χ0n) is 9.51. The molecule has 4 nitrogen and oxygen atoms in total. The molecule has 0 fully saturated rings. The number of carbonyl (C=O) groups is 1. The predicted molar refractivity (Wildman–Crippen MR) is 64.4 cm³/mol. The number of rotatable bonds is 3. The van der Waals surface area contributed by atoms with Gasteiger partial charge in [0.25, 0.3) is 0 Å². The molecule has 1 aromatic rings. The van der Waals surface area contributed by atoms with Crippen molar-refractivity contribution in [1.29, 1.82) is 0 Å². The largest absolute Gasteiger partial charge is 0.355 e. The third-order valence-electron chi connectivity index (χ3n) is 1.98. The van der Waals surface area contributed by atoms with Crippen LogP contribution < -0.4 is 16.6 Å². The van der Waals surface area contributed by atoms with Crippen molar-refractivity contribution in [3.05, 3.63) is 29.6 Å². The Labute approximate surface area is 99.4 Å². The molecular formula is C12H14FN3O. The van der Waals surface area contributed by atoms with Crippen LogP contribution in [0.5, 0.6) is 0 Å². The zero-order valence-corrected chi connectivity index (χ0v) is 9.51. The van der Waals surface area contributed by atoms with Gasteiger partial charge < -0.3 is 10.7 Å². The lowest BCUT2D eigenvalue weighted by Crippen LogP contribution is -2.20. The molecule has 1 rings (SSSR count). The molecule has 17 heavy (non-hydrogen) atoms. The van der Waals surface area contributed by atoms with Crippen molar-refractivity contribution < 1.29 is 9.18 Å². The summed E-state index contributed by atoms with van der Waals surface area (Å²) in [4.78, 5) is 10.6. The molecule has 0 aromatic heterocycles. The van der Waals surface area contributed by atoms with Crippen molar-refractivity contribution in [3.63, 3.8) is 0 Å². The molecule has 0 saturated carbocycles. The van der Waals surface area contributed by atoms with Crippen molar-refractivity contribution >= 4 is 11.6 Å². The number of hydrogen-bond donors (Lipinski definition) is 3. The summed E-state index contributed by atoms with van der Waals surface area (Å²) < 4.78 is 13.3. The maximum absolute atomic E-state index is 13.3. The minimum Gasteiger partial charge on any atom is -0.355 e. The van der Waals surface area contributed by atoms with E-state index in [9.17, 15) is 9.18 Å². The van der Waals surface area contributed by atoms with Gasteiger partial charge in [0.05, 0.1) is 5.69 Å². The van der Waals surface area contributed by atoms with Crippen LogP contribution in [0, 0.1) is 17.7 Å². The SMILES string of the molecule is CC(=O)NCCC#Cc1ccc(NN)c(F)c1. The minimum absolute atomic E-state index is 0.0868. The molecule has 0 heterocycles. The molecule has 0 spiro atoms. The number of nitrogens with one attached hydrogen (secondary N) is 2. The first-order valence-electron chi connectivity index (χ1n) is 5.13. The Kier molecular flexibility index (Phi) is 4.98. The molecule has 5 heteroatoms. The molecule has 0 atom stereocenters. The molecule has 0 saturated heterocycles. The Morgan fingerprint density at radius 2 is 2.29 bits per heavy atom. The monoisotopic (exact) mass is 235 g/mol. The van der Waals surface area contributed by atoms with E-state index in [1.165, 1.54) is 19.1 Å². The van der Waals surface area contributed by atoms with E-state index in [1.807, 2.05) is 0 Å². The number of halogens is 1. The Morgan fingerprint density at radius 1 is 1.53 bits per heavy atom. The number of carbonyl (C=O) groups excluding carboxylic acids is 1. The van der Waals surface area contributed by atoms with E-state index >= 15 is 0 Å². The highest BCUT2D eigenvalue weighted by Crippen LogP contribution is 2.13. The number of benzene rings is 1. The highest BCUT2D eigenvalue weighted by atomic mass is 19.1. The van der Waals surface area contributed by atoms with Crippen LogP contribution in [0.3, 0.4) is 0 Å². The summed E-state index contributed by atoms with van der Waals surface area (Å²) in [5.41, 5.74) is 3.04. The molecule has 90 valence electrons. The Hall–Kier alpha value is -2.06. The van der Waals surface area contributed by atoms with E-state index in [2.05, 4.69) is 22.6 Å². The zero-order chi connectivity index (χ0) is 12.7. The van der Waals surface area contributed by atoms with Crippen LogP contribution in [0.4, 0.5) is 10.1 Å². The first-order valence-corrected chi connectivity index (χ1v) is 5.13. The number of hydrogen-bond acceptors (Lipinski definition) is 3. The highest BCUT2D eigenvalue weighted by Gasteiger charge is 1.99. The third kappa shape index (κ3) is 4.53. The van der Waals surface area contributed by atoms with Gasteiger partial charge in [-0.15, -0.1) is 0 Å². The van der Waals surface area contributed by atoms with E-state index in [1.54, 1.807) is 6.07 Å². The van der Waals surface area contributed by atoms with Crippen LogP contribution in [0.15, 0.2) is 18.2 Å². The maximum Gasteiger partial charge on any atom is 0.216 e. The van der Waals surface area contributed by atoms with Crippen LogP contribution in [0.2, 0.25) is 0 Å². The van der Waals surface area contributed by atoms with E-state index < -0.39 is 5.82 Å². The van der Waals surface area contributed by atoms with Crippen LogP contribution >= 0.6 is 0 Å². The van der Waals surface area contributed by atoms with Crippen LogP contribution in [-0.4, -0.2) is 12.5 Å². The van der Waals surface area contributed by atoms with Crippen LogP contribution in [0.1, 0.15) is 18.9 Å². The van der Waals surface area contributed by atoms with Gasteiger partial charge in [-0.2, -0.15) is 0 Å². The van der Waals surface area contributed by atoms with E-state index in [4.69, 9.17) is 5.84 Å². The fourth-order valence-corrected chi connectivity index (χ4v) is 1.18. The van der Waals surface area contributed by atoms with Crippen LogP contribution in [0.25, 0.3) is 0 Å². The molecule has 1 aromatic carbocycles. The van der Waals surface area contributed by atoms with Crippen molar-refractivity contribution in [2.45, 2.75) is 13.3 Å². The molecule has 1 amide bonds. The van der Waals surface area contributed by atoms with Crippen LogP contribution in [-0.2, 0) is 4.79 Å². The molecular weight excluding hydrogens is 221 g/mol. The highest BCUT2D eigenvalue weighted by molar-refractivity contribution is 5.72. The molecule has 0 aliphatic rings. The summed E-state index contributed by atoms with van der Waals surface area (Å²) in [5, 5.41) is 2.62. The summed E-state index contributed by atoms with van der Waals surface area (Å²) in [6.07, 6.45) is 0.526. The normalized spacial score (nSPS) is 9.12. The lowest BCUT2D eigenvalue weighted by atomic mass is 10.2. The number of nitrogens with two attached hydrogens (primary N) is 1. The molecule has 0 radical (unpaired) electrons. The van der Waals surface area contributed by atoms with Gasteiger partial charge in [0.2, 0.25) is 5.91 Å². The Morgan fingerprint density at radius 3 is 2.88 bits per heavy atom. The molecule has 0 aliphatic carbocycles. The third-order valence-corrected chi connectivity index (χ3v) is 1.98. The topological polar surface area (TPSA) is 67.2 Å². The van der Waals surface area contributed by atoms with Crippen molar-refractivity contribution in [2.24, 2.45) is 5.84 Å². The lowest BCUT2D eigenvalue weighted by molar-refractivity contribution is -0.118. The second-order valence-electron chi connectivity index (χ2n) is 3.37. The van der Waals surface area contributed by atoms with Gasteiger partial charge >= 0.3 is 0 Å². The van der Waals surface area contributed by atoms with Crippen molar-refractivity contribution in [1.82, 2.24) is 5.32 Å². The number of nitrogen functional groups attached to an aromatic ring is 1. The fraction of sp³-hybridized carbons (Fsp3) is 0.250. The first-order chi connectivity index (χ1) is 8.13. The predicted octanol–water partition coefficient (Wildman–Crippen LogP) is 0.989. The van der Waals surface area contributed by atoms with Gasteiger partial charge in [-0.3, -0.25) is 10.6 Å². The second kappa shape index (κ2) is 6.51.